The third kappa shape index (κ3) is 5.82. The maximum Gasteiger partial charge on any atom is 0.324 e. The Morgan fingerprint density at radius 3 is 2.33 bits per heavy atom. The quantitative estimate of drug-likeness (QED) is 0.452. The van der Waals surface area contributed by atoms with Crippen molar-refractivity contribution in [3.63, 3.8) is 0 Å². The number of anilines is 3. The average molecular weight is 408 g/mol. The highest BCUT2D eigenvalue weighted by atomic mass is 16.5. The van der Waals surface area contributed by atoms with Gasteiger partial charge in [0, 0.05) is 13.1 Å². The molecule has 0 bridgehead atoms. The van der Waals surface area contributed by atoms with E-state index >= 15 is 0 Å². The maximum atomic E-state index is 12.2. The predicted octanol–water partition coefficient (Wildman–Crippen LogP) is 3.01. The number of amides is 2. The number of urea groups is 1. The molecule has 2 amide bonds. The predicted molar refractivity (Wildman–Crippen MR) is 116 cm³/mol. The summed E-state index contributed by atoms with van der Waals surface area (Å²) in [6.07, 6.45) is 2.74. The van der Waals surface area contributed by atoms with Crippen LogP contribution in [0.2, 0.25) is 0 Å². The first-order chi connectivity index (χ1) is 14.6. The molecular formula is C21H24N6O3. The SMILES string of the molecule is COc1ccc(CNCc2ccc(NC(=O)Nc3cnc(N)cn3)c(OC)c2)cc1. The number of benzene rings is 2. The molecule has 0 unspecified atom stereocenters. The Bertz CT molecular complexity index is 977. The largest absolute Gasteiger partial charge is 0.497 e. The van der Waals surface area contributed by atoms with Crippen molar-refractivity contribution in [3.05, 3.63) is 66.0 Å². The van der Waals surface area contributed by atoms with Crippen LogP contribution >= 0.6 is 0 Å². The first kappa shape index (κ1) is 20.9. The van der Waals surface area contributed by atoms with Crippen molar-refractivity contribution in [1.82, 2.24) is 15.3 Å². The summed E-state index contributed by atoms with van der Waals surface area (Å²) in [4.78, 5) is 20.1. The molecule has 30 heavy (non-hydrogen) atoms. The second-order valence-electron chi connectivity index (χ2n) is 6.39. The number of rotatable bonds is 8. The van der Waals surface area contributed by atoms with Crippen LogP contribution in [0.5, 0.6) is 11.5 Å². The van der Waals surface area contributed by atoms with Crippen LogP contribution in [0.4, 0.5) is 22.1 Å². The van der Waals surface area contributed by atoms with Crippen LogP contribution in [0.25, 0.3) is 0 Å². The molecule has 9 nitrogen and oxygen atoms in total. The molecule has 1 heterocycles. The minimum atomic E-state index is -0.460. The number of hydrogen-bond donors (Lipinski definition) is 4. The second-order valence-corrected chi connectivity index (χ2v) is 6.39. The second kappa shape index (κ2) is 10.1. The van der Waals surface area contributed by atoms with Gasteiger partial charge in [0.1, 0.15) is 17.3 Å². The van der Waals surface area contributed by atoms with E-state index in [1.54, 1.807) is 20.3 Å². The van der Waals surface area contributed by atoms with Crippen LogP contribution in [-0.4, -0.2) is 30.2 Å². The van der Waals surface area contributed by atoms with Crippen molar-refractivity contribution in [2.24, 2.45) is 0 Å². The molecule has 0 aliphatic heterocycles. The molecule has 5 N–H and O–H groups in total. The Kier molecular flexibility index (Phi) is 7.01. The first-order valence-corrected chi connectivity index (χ1v) is 9.23. The Balaban J connectivity index is 1.55. The fourth-order valence-corrected chi connectivity index (χ4v) is 2.72. The van der Waals surface area contributed by atoms with Gasteiger partial charge in [-0.3, -0.25) is 5.32 Å². The van der Waals surface area contributed by atoms with Crippen LogP contribution < -0.4 is 31.2 Å². The lowest BCUT2D eigenvalue weighted by atomic mass is 10.1. The topological polar surface area (TPSA) is 123 Å². The highest BCUT2D eigenvalue weighted by Gasteiger charge is 2.09. The number of aromatic nitrogens is 2. The number of ether oxygens (including phenoxy) is 2. The van der Waals surface area contributed by atoms with E-state index < -0.39 is 6.03 Å². The third-order valence-corrected chi connectivity index (χ3v) is 4.24. The van der Waals surface area contributed by atoms with E-state index in [-0.39, 0.29) is 5.82 Å². The van der Waals surface area contributed by atoms with Gasteiger partial charge in [-0.25, -0.2) is 14.8 Å². The van der Waals surface area contributed by atoms with Gasteiger partial charge in [-0.15, -0.1) is 0 Å². The summed E-state index contributed by atoms with van der Waals surface area (Å²) in [6.45, 7) is 1.37. The third-order valence-electron chi connectivity index (χ3n) is 4.24. The molecule has 0 atom stereocenters. The molecule has 9 heteroatoms. The highest BCUT2D eigenvalue weighted by molar-refractivity contribution is 6.00. The zero-order valence-electron chi connectivity index (χ0n) is 16.8. The summed E-state index contributed by atoms with van der Waals surface area (Å²) in [6, 6.07) is 13.0. The Morgan fingerprint density at radius 1 is 0.933 bits per heavy atom. The number of methoxy groups -OCH3 is 2. The van der Waals surface area contributed by atoms with Gasteiger partial charge in [0.25, 0.3) is 0 Å². The maximum absolute atomic E-state index is 12.2. The van der Waals surface area contributed by atoms with E-state index in [4.69, 9.17) is 15.2 Å². The Labute approximate surface area is 174 Å². The first-order valence-electron chi connectivity index (χ1n) is 9.23. The van der Waals surface area contributed by atoms with Gasteiger partial charge in [0.15, 0.2) is 5.82 Å². The Hall–Kier alpha value is -3.85. The monoisotopic (exact) mass is 408 g/mol. The molecule has 3 rings (SSSR count). The van der Waals surface area contributed by atoms with Crippen LogP contribution in [0.15, 0.2) is 54.9 Å². The van der Waals surface area contributed by atoms with E-state index in [0.29, 0.717) is 23.8 Å². The number of carbonyl (C=O) groups is 1. The standard InChI is InChI=1S/C21H24N6O3/c1-29-16-6-3-14(4-7-16)10-23-11-15-5-8-17(18(9-15)30-2)26-21(28)27-20-13-24-19(22)12-25-20/h3-9,12-13,23H,10-11H2,1-2H3,(H2,22,24)(H2,25,26,27,28). The van der Waals surface area contributed by atoms with Crippen LogP contribution in [0.3, 0.4) is 0 Å². The zero-order valence-corrected chi connectivity index (χ0v) is 16.8. The van der Waals surface area contributed by atoms with Gasteiger partial charge in [0.2, 0.25) is 0 Å². The summed E-state index contributed by atoms with van der Waals surface area (Å²) in [7, 11) is 3.20. The Morgan fingerprint density at radius 2 is 1.67 bits per heavy atom. The summed E-state index contributed by atoms with van der Waals surface area (Å²) < 4.78 is 10.6. The average Bonchev–Trinajstić information content (AvgIpc) is 2.76. The van der Waals surface area contributed by atoms with Gasteiger partial charge in [0.05, 0.1) is 32.3 Å². The number of carbonyl (C=O) groups excluding carboxylic acids is 1. The van der Waals surface area contributed by atoms with Gasteiger partial charge in [-0.05, 0) is 35.4 Å². The van der Waals surface area contributed by atoms with Crippen molar-refractivity contribution in [1.29, 1.82) is 0 Å². The van der Waals surface area contributed by atoms with E-state index in [1.807, 2.05) is 36.4 Å². The molecule has 0 radical (unpaired) electrons. The highest BCUT2D eigenvalue weighted by Crippen LogP contribution is 2.26. The molecule has 0 spiro atoms. The lowest BCUT2D eigenvalue weighted by Crippen LogP contribution is -2.21. The number of nitrogens with one attached hydrogen (secondary N) is 3. The molecule has 1 aromatic heterocycles. The van der Waals surface area contributed by atoms with Crippen molar-refractivity contribution in [3.8, 4) is 11.5 Å². The molecule has 0 fully saturated rings. The lowest BCUT2D eigenvalue weighted by Gasteiger charge is -2.13. The summed E-state index contributed by atoms with van der Waals surface area (Å²) in [5.41, 5.74) is 8.20. The number of nitrogen functional groups attached to an aromatic ring is 1. The number of nitrogens with zero attached hydrogens (tertiary/aromatic N) is 2. The molecular weight excluding hydrogens is 384 g/mol. The van der Waals surface area contributed by atoms with Crippen LogP contribution in [0.1, 0.15) is 11.1 Å². The van der Waals surface area contributed by atoms with E-state index in [0.717, 1.165) is 23.4 Å². The summed E-state index contributed by atoms with van der Waals surface area (Å²) >= 11 is 0. The van der Waals surface area contributed by atoms with Crippen molar-refractivity contribution >= 4 is 23.4 Å². The molecule has 3 aromatic rings. The minimum Gasteiger partial charge on any atom is -0.497 e. The fourth-order valence-electron chi connectivity index (χ4n) is 2.72. The molecule has 0 aliphatic rings. The summed E-state index contributed by atoms with van der Waals surface area (Å²) in [5.74, 6) is 1.95. The normalized spacial score (nSPS) is 10.3. The van der Waals surface area contributed by atoms with E-state index in [9.17, 15) is 4.79 Å². The zero-order chi connectivity index (χ0) is 21.3. The van der Waals surface area contributed by atoms with Gasteiger partial charge < -0.3 is 25.8 Å². The molecule has 156 valence electrons. The van der Waals surface area contributed by atoms with Crippen LogP contribution in [0, 0.1) is 0 Å². The van der Waals surface area contributed by atoms with Crippen molar-refractivity contribution < 1.29 is 14.3 Å². The van der Waals surface area contributed by atoms with E-state index in [2.05, 4.69) is 25.9 Å². The van der Waals surface area contributed by atoms with Crippen molar-refractivity contribution in [2.45, 2.75) is 13.1 Å². The minimum absolute atomic E-state index is 0.277. The van der Waals surface area contributed by atoms with Gasteiger partial charge in [-0.2, -0.15) is 0 Å². The molecule has 0 saturated carbocycles. The lowest BCUT2D eigenvalue weighted by molar-refractivity contribution is 0.262. The smallest absolute Gasteiger partial charge is 0.324 e. The van der Waals surface area contributed by atoms with Gasteiger partial charge in [-0.1, -0.05) is 18.2 Å². The van der Waals surface area contributed by atoms with Crippen molar-refractivity contribution in [2.75, 3.05) is 30.6 Å². The molecule has 0 saturated heterocycles. The van der Waals surface area contributed by atoms with Gasteiger partial charge >= 0.3 is 6.03 Å². The van der Waals surface area contributed by atoms with E-state index in [1.165, 1.54) is 12.4 Å². The molecule has 2 aromatic carbocycles. The van der Waals surface area contributed by atoms with Crippen LogP contribution in [-0.2, 0) is 13.1 Å². The fraction of sp³-hybridized carbons (Fsp3) is 0.190. The molecule has 0 aliphatic carbocycles. The number of hydrogen-bond acceptors (Lipinski definition) is 7. The number of nitrogens with two attached hydrogens (primary N) is 1. The summed E-state index contributed by atoms with van der Waals surface area (Å²) in [5, 5.41) is 8.71.